The molecule has 0 aromatic heterocycles. The fraction of sp³-hybridized carbons (Fsp3) is 0.917. The zero-order chi connectivity index (χ0) is 13.3. The molecule has 0 aromatic rings. The van der Waals surface area contributed by atoms with Crippen LogP contribution in [0.5, 0.6) is 0 Å². The summed E-state index contributed by atoms with van der Waals surface area (Å²) in [5.74, 6) is 6.07. The van der Waals surface area contributed by atoms with E-state index >= 15 is 0 Å². The lowest BCUT2D eigenvalue weighted by Gasteiger charge is -2.29. The lowest BCUT2D eigenvalue weighted by molar-refractivity contribution is 0.146. The van der Waals surface area contributed by atoms with E-state index < -0.39 is 0 Å². The summed E-state index contributed by atoms with van der Waals surface area (Å²) in [5.41, 5.74) is 2.76. The first kappa shape index (κ1) is 16.2. The molecule has 1 unspecified atom stereocenters. The third-order valence-electron chi connectivity index (χ3n) is 2.71. The Hall–Kier alpha value is -0.810. The van der Waals surface area contributed by atoms with Crippen molar-refractivity contribution in [3.8, 4) is 0 Å². The van der Waals surface area contributed by atoms with E-state index in [0.29, 0.717) is 18.5 Å². The van der Waals surface area contributed by atoms with Crippen LogP contribution in [0.15, 0.2) is 4.99 Å². The smallest absolute Gasteiger partial charge is 0.205 e. The third-order valence-corrected chi connectivity index (χ3v) is 2.71. The highest BCUT2D eigenvalue weighted by atomic mass is 16.5. The van der Waals surface area contributed by atoms with Gasteiger partial charge in [0.1, 0.15) is 0 Å². The minimum Gasteiger partial charge on any atom is -0.382 e. The standard InChI is InChI=1S/C12H28N4O/c1-6-17-9-7-8-14-11(16-13)15-10(2)12(3,4)5/h10H,6-9,13H2,1-5H3,(H2,14,15,16). The van der Waals surface area contributed by atoms with Gasteiger partial charge in [0.25, 0.3) is 0 Å². The highest BCUT2D eigenvalue weighted by Gasteiger charge is 2.20. The molecular formula is C12H28N4O. The fourth-order valence-corrected chi connectivity index (χ4v) is 1.06. The van der Waals surface area contributed by atoms with Gasteiger partial charge in [0.05, 0.1) is 0 Å². The number of nitrogens with one attached hydrogen (secondary N) is 2. The average Bonchev–Trinajstić information content (AvgIpc) is 2.25. The molecule has 1 atom stereocenters. The van der Waals surface area contributed by atoms with E-state index in [0.717, 1.165) is 19.6 Å². The van der Waals surface area contributed by atoms with Crippen LogP contribution in [-0.4, -0.2) is 31.8 Å². The second kappa shape index (κ2) is 8.31. The van der Waals surface area contributed by atoms with Crippen LogP contribution in [-0.2, 0) is 4.74 Å². The second-order valence-corrected chi connectivity index (χ2v) is 5.16. The number of hydrogen-bond acceptors (Lipinski definition) is 3. The third kappa shape index (κ3) is 7.99. The Bertz CT molecular complexity index is 223. The van der Waals surface area contributed by atoms with Gasteiger partial charge < -0.3 is 10.1 Å². The van der Waals surface area contributed by atoms with Crippen LogP contribution in [0.1, 0.15) is 41.0 Å². The van der Waals surface area contributed by atoms with Crippen molar-refractivity contribution < 1.29 is 4.74 Å². The van der Waals surface area contributed by atoms with Gasteiger partial charge in [-0.1, -0.05) is 20.8 Å². The summed E-state index contributed by atoms with van der Waals surface area (Å²) in [5, 5.41) is 3.27. The Morgan fingerprint density at radius 3 is 2.53 bits per heavy atom. The Kier molecular flexibility index (Phi) is 7.91. The van der Waals surface area contributed by atoms with Gasteiger partial charge in [-0.25, -0.2) is 5.84 Å². The van der Waals surface area contributed by atoms with E-state index in [4.69, 9.17) is 10.6 Å². The van der Waals surface area contributed by atoms with Crippen LogP contribution >= 0.6 is 0 Å². The predicted molar refractivity (Wildman–Crippen MR) is 72.8 cm³/mol. The molecule has 0 radical (unpaired) electrons. The van der Waals surface area contributed by atoms with E-state index in [9.17, 15) is 0 Å². The van der Waals surface area contributed by atoms with E-state index in [2.05, 4.69) is 43.4 Å². The first-order valence-corrected chi connectivity index (χ1v) is 6.27. The Morgan fingerprint density at radius 1 is 1.41 bits per heavy atom. The number of nitrogens with two attached hydrogens (primary N) is 1. The summed E-state index contributed by atoms with van der Waals surface area (Å²) in [6, 6.07) is 0.296. The number of nitrogens with zero attached hydrogens (tertiary/aromatic N) is 1. The van der Waals surface area contributed by atoms with Gasteiger partial charge in [-0.05, 0) is 25.7 Å². The molecule has 0 saturated heterocycles. The SMILES string of the molecule is CCOCCCN=C(NN)NC(C)C(C)(C)C. The molecule has 0 aliphatic carbocycles. The first-order chi connectivity index (χ1) is 7.91. The van der Waals surface area contributed by atoms with Gasteiger partial charge in [0.15, 0.2) is 0 Å². The molecule has 0 spiro atoms. The van der Waals surface area contributed by atoms with Crippen LogP contribution in [0.25, 0.3) is 0 Å². The second-order valence-electron chi connectivity index (χ2n) is 5.16. The summed E-state index contributed by atoms with van der Waals surface area (Å²) in [7, 11) is 0. The Balaban J connectivity index is 4.01. The molecule has 0 fully saturated rings. The normalized spacial score (nSPS) is 14.6. The molecule has 0 amide bonds. The van der Waals surface area contributed by atoms with Gasteiger partial charge in [-0.15, -0.1) is 0 Å². The minimum absolute atomic E-state index is 0.170. The van der Waals surface area contributed by atoms with E-state index in [1.165, 1.54) is 0 Å². The highest BCUT2D eigenvalue weighted by molar-refractivity contribution is 5.79. The van der Waals surface area contributed by atoms with Crippen LogP contribution in [0.4, 0.5) is 0 Å². The molecule has 102 valence electrons. The van der Waals surface area contributed by atoms with Gasteiger partial charge in [0, 0.05) is 25.8 Å². The molecule has 0 bridgehead atoms. The summed E-state index contributed by atoms with van der Waals surface area (Å²) in [6.07, 6.45) is 0.907. The lowest BCUT2D eigenvalue weighted by Crippen LogP contribution is -2.49. The lowest BCUT2D eigenvalue weighted by atomic mass is 9.88. The number of rotatable bonds is 6. The highest BCUT2D eigenvalue weighted by Crippen LogP contribution is 2.18. The zero-order valence-electron chi connectivity index (χ0n) is 11.8. The minimum atomic E-state index is 0.170. The Labute approximate surface area is 105 Å². The van der Waals surface area contributed by atoms with E-state index in [-0.39, 0.29) is 5.41 Å². The summed E-state index contributed by atoms with van der Waals surface area (Å²) in [6.45, 7) is 12.8. The summed E-state index contributed by atoms with van der Waals surface area (Å²) >= 11 is 0. The van der Waals surface area contributed by atoms with E-state index in [1.54, 1.807) is 0 Å². The number of aliphatic imine (C=N–C) groups is 1. The monoisotopic (exact) mass is 244 g/mol. The maximum absolute atomic E-state index is 5.43. The maximum Gasteiger partial charge on any atom is 0.205 e. The van der Waals surface area contributed by atoms with Crippen LogP contribution in [0, 0.1) is 5.41 Å². The molecule has 17 heavy (non-hydrogen) atoms. The van der Waals surface area contributed by atoms with Crippen molar-refractivity contribution in [3.05, 3.63) is 0 Å². The predicted octanol–water partition coefficient (Wildman–Crippen LogP) is 1.26. The van der Waals surface area contributed by atoms with Crippen molar-refractivity contribution in [2.75, 3.05) is 19.8 Å². The fourth-order valence-electron chi connectivity index (χ4n) is 1.06. The Morgan fingerprint density at radius 2 is 2.06 bits per heavy atom. The first-order valence-electron chi connectivity index (χ1n) is 6.27. The maximum atomic E-state index is 5.43. The molecule has 5 heteroatoms. The van der Waals surface area contributed by atoms with Gasteiger partial charge >= 0.3 is 0 Å². The van der Waals surface area contributed by atoms with Crippen LogP contribution in [0.2, 0.25) is 0 Å². The van der Waals surface area contributed by atoms with Crippen LogP contribution in [0.3, 0.4) is 0 Å². The molecule has 5 nitrogen and oxygen atoms in total. The van der Waals surface area contributed by atoms with Crippen molar-refractivity contribution in [1.29, 1.82) is 0 Å². The molecule has 0 aliphatic heterocycles. The van der Waals surface area contributed by atoms with Crippen molar-refractivity contribution in [2.45, 2.75) is 47.1 Å². The summed E-state index contributed by atoms with van der Waals surface area (Å²) in [4.78, 5) is 4.36. The molecule has 0 heterocycles. The van der Waals surface area contributed by atoms with Crippen molar-refractivity contribution in [2.24, 2.45) is 16.3 Å². The molecule has 0 saturated carbocycles. The van der Waals surface area contributed by atoms with Gasteiger partial charge in [-0.3, -0.25) is 10.4 Å². The number of guanidine groups is 1. The molecule has 4 N–H and O–H groups in total. The van der Waals surface area contributed by atoms with Crippen LogP contribution < -0.4 is 16.6 Å². The number of hydrazine groups is 1. The van der Waals surface area contributed by atoms with Gasteiger partial charge in [-0.2, -0.15) is 0 Å². The molecule has 0 aromatic carbocycles. The molecule has 0 aliphatic rings. The van der Waals surface area contributed by atoms with Crippen molar-refractivity contribution >= 4 is 5.96 Å². The quantitative estimate of drug-likeness (QED) is 0.216. The van der Waals surface area contributed by atoms with Crippen molar-refractivity contribution in [3.63, 3.8) is 0 Å². The zero-order valence-corrected chi connectivity index (χ0v) is 11.8. The number of ether oxygens (including phenoxy) is 1. The molecule has 0 rings (SSSR count). The topological polar surface area (TPSA) is 71.7 Å². The van der Waals surface area contributed by atoms with Crippen molar-refractivity contribution in [1.82, 2.24) is 10.7 Å². The molecular weight excluding hydrogens is 216 g/mol. The van der Waals surface area contributed by atoms with E-state index in [1.807, 2.05) is 6.92 Å². The van der Waals surface area contributed by atoms with Gasteiger partial charge in [0.2, 0.25) is 5.96 Å². The summed E-state index contributed by atoms with van der Waals surface area (Å²) < 4.78 is 5.24. The largest absolute Gasteiger partial charge is 0.382 e. The average molecular weight is 244 g/mol. The number of hydrogen-bond donors (Lipinski definition) is 3.